The molecule has 5 nitrogen and oxygen atoms in total. The normalized spacial score (nSPS) is 10.6. The number of rotatable bonds is 4. The van der Waals surface area contributed by atoms with Crippen molar-refractivity contribution in [2.45, 2.75) is 12.3 Å². The predicted molar refractivity (Wildman–Crippen MR) is 52.0 cm³/mol. The van der Waals surface area contributed by atoms with Gasteiger partial charge in [0.05, 0.1) is 18.6 Å². The summed E-state index contributed by atoms with van der Waals surface area (Å²) in [6.45, 7) is 0. The number of methoxy groups -OCH3 is 1. The van der Waals surface area contributed by atoms with Gasteiger partial charge in [-0.15, -0.1) is 11.6 Å². The van der Waals surface area contributed by atoms with E-state index in [-0.39, 0.29) is 17.3 Å². The van der Waals surface area contributed by atoms with Gasteiger partial charge < -0.3 is 14.9 Å². The van der Waals surface area contributed by atoms with Crippen LogP contribution in [0.25, 0.3) is 0 Å². The van der Waals surface area contributed by atoms with Gasteiger partial charge >= 0.3 is 11.7 Å². The summed E-state index contributed by atoms with van der Waals surface area (Å²) in [4.78, 5) is 13.1. The molecule has 1 rings (SSSR count). The van der Waals surface area contributed by atoms with E-state index in [0.29, 0.717) is 6.07 Å². The van der Waals surface area contributed by atoms with E-state index in [1.165, 1.54) is 7.11 Å². The molecule has 0 aromatic carbocycles. The van der Waals surface area contributed by atoms with Crippen LogP contribution in [-0.4, -0.2) is 17.0 Å². The molecule has 1 heterocycles. The molecule has 0 saturated carbocycles. The Hall–Kier alpha value is -1.50. The Morgan fingerprint density at radius 3 is 2.69 bits per heavy atom. The standard InChI is InChI=1S/C8H7ClF2N2O3/c1-16-8-5(3-9)4(7(10)11)2-6(12-8)13(14)15/h2,7H,3H2,1H3. The second-order valence-corrected chi connectivity index (χ2v) is 3.02. The first-order valence-corrected chi connectivity index (χ1v) is 4.61. The highest BCUT2D eigenvalue weighted by Gasteiger charge is 2.25. The zero-order chi connectivity index (χ0) is 12.3. The number of nitro groups is 1. The van der Waals surface area contributed by atoms with Gasteiger partial charge in [0.25, 0.3) is 6.43 Å². The fraction of sp³-hybridized carbons (Fsp3) is 0.375. The van der Waals surface area contributed by atoms with Gasteiger partial charge in [-0.2, -0.15) is 0 Å². The Morgan fingerprint density at radius 2 is 2.31 bits per heavy atom. The molecule has 0 radical (unpaired) electrons. The Labute approximate surface area is 94.1 Å². The van der Waals surface area contributed by atoms with Crippen LogP contribution in [0, 0.1) is 10.1 Å². The van der Waals surface area contributed by atoms with Crippen molar-refractivity contribution in [2.75, 3.05) is 7.11 Å². The molecule has 8 heteroatoms. The van der Waals surface area contributed by atoms with E-state index in [2.05, 4.69) is 9.72 Å². The summed E-state index contributed by atoms with van der Waals surface area (Å²) in [5.41, 5.74) is -0.571. The van der Waals surface area contributed by atoms with Gasteiger partial charge in [0, 0.05) is 16.6 Å². The van der Waals surface area contributed by atoms with E-state index in [4.69, 9.17) is 11.6 Å². The number of ether oxygens (including phenoxy) is 1. The fourth-order valence-corrected chi connectivity index (χ4v) is 1.41. The maximum Gasteiger partial charge on any atom is 0.368 e. The SMILES string of the molecule is COc1nc([N+](=O)[O-])cc(C(F)F)c1CCl. The van der Waals surface area contributed by atoms with Crippen LogP contribution in [0.5, 0.6) is 5.88 Å². The van der Waals surface area contributed by atoms with Crippen LogP contribution in [0.2, 0.25) is 0 Å². The van der Waals surface area contributed by atoms with Crippen molar-refractivity contribution in [3.63, 3.8) is 0 Å². The van der Waals surface area contributed by atoms with Gasteiger partial charge in [-0.1, -0.05) is 0 Å². The van der Waals surface area contributed by atoms with Crippen molar-refractivity contribution >= 4 is 17.4 Å². The average Bonchev–Trinajstić information content (AvgIpc) is 2.26. The first kappa shape index (κ1) is 12.6. The highest BCUT2D eigenvalue weighted by molar-refractivity contribution is 6.17. The fourth-order valence-electron chi connectivity index (χ4n) is 1.14. The Bertz CT molecular complexity index is 415. The van der Waals surface area contributed by atoms with Crippen LogP contribution >= 0.6 is 11.6 Å². The quantitative estimate of drug-likeness (QED) is 0.469. The number of hydrogen-bond acceptors (Lipinski definition) is 4. The molecular formula is C8H7ClF2N2O3. The van der Waals surface area contributed by atoms with E-state index < -0.39 is 22.7 Å². The molecule has 1 aromatic rings. The van der Waals surface area contributed by atoms with Gasteiger partial charge in [-0.3, -0.25) is 0 Å². The van der Waals surface area contributed by atoms with Crippen LogP contribution in [-0.2, 0) is 5.88 Å². The van der Waals surface area contributed by atoms with Crippen LogP contribution in [0.4, 0.5) is 14.6 Å². The van der Waals surface area contributed by atoms with Gasteiger partial charge in [-0.25, -0.2) is 8.78 Å². The molecule has 0 fully saturated rings. The van der Waals surface area contributed by atoms with Crippen LogP contribution < -0.4 is 4.74 Å². The van der Waals surface area contributed by atoms with E-state index in [9.17, 15) is 18.9 Å². The minimum atomic E-state index is -2.87. The monoisotopic (exact) mass is 252 g/mol. The van der Waals surface area contributed by atoms with Crippen molar-refractivity contribution in [1.29, 1.82) is 0 Å². The molecule has 0 atom stereocenters. The Balaban J connectivity index is 3.43. The van der Waals surface area contributed by atoms with Crippen LogP contribution in [0.1, 0.15) is 17.6 Å². The molecule has 0 amide bonds. The third-order valence-corrected chi connectivity index (χ3v) is 2.12. The maximum atomic E-state index is 12.6. The molecule has 16 heavy (non-hydrogen) atoms. The first-order valence-electron chi connectivity index (χ1n) is 4.07. The molecule has 0 spiro atoms. The van der Waals surface area contributed by atoms with E-state index in [1.807, 2.05) is 0 Å². The summed E-state index contributed by atoms with van der Waals surface area (Å²) >= 11 is 5.47. The summed E-state index contributed by atoms with van der Waals surface area (Å²) < 4.78 is 29.9. The minimum absolute atomic E-state index is 0.0373. The molecule has 1 aromatic heterocycles. The average molecular weight is 253 g/mol. The minimum Gasteiger partial charge on any atom is -0.463 e. The second-order valence-electron chi connectivity index (χ2n) is 2.75. The maximum absolute atomic E-state index is 12.6. The molecule has 0 N–H and O–H groups in total. The highest BCUT2D eigenvalue weighted by Crippen LogP contribution is 2.32. The number of alkyl halides is 3. The highest BCUT2D eigenvalue weighted by atomic mass is 35.5. The Kier molecular flexibility index (Phi) is 3.94. The van der Waals surface area contributed by atoms with Crippen molar-refractivity contribution in [3.8, 4) is 5.88 Å². The number of hydrogen-bond donors (Lipinski definition) is 0. The van der Waals surface area contributed by atoms with E-state index in [0.717, 1.165) is 0 Å². The van der Waals surface area contributed by atoms with Crippen LogP contribution in [0.15, 0.2) is 6.07 Å². The van der Waals surface area contributed by atoms with Crippen molar-refractivity contribution < 1.29 is 18.4 Å². The lowest BCUT2D eigenvalue weighted by molar-refractivity contribution is -0.389. The predicted octanol–water partition coefficient (Wildman–Crippen LogP) is 2.67. The van der Waals surface area contributed by atoms with Gasteiger partial charge in [-0.05, 0) is 4.92 Å². The zero-order valence-electron chi connectivity index (χ0n) is 8.11. The molecule has 0 aliphatic carbocycles. The number of aromatic nitrogens is 1. The van der Waals surface area contributed by atoms with E-state index in [1.54, 1.807) is 0 Å². The summed E-state index contributed by atoms with van der Waals surface area (Å²) in [7, 11) is 1.18. The largest absolute Gasteiger partial charge is 0.463 e. The number of nitrogens with zero attached hydrogens (tertiary/aromatic N) is 2. The van der Waals surface area contributed by atoms with Crippen molar-refractivity contribution in [1.82, 2.24) is 4.98 Å². The smallest absolute Gasteiger partial charge is 0.368 e. The topological polar surface area (TPSA) is 65.3 Å². The van der Waals surface area contributed by atoms with Crippen molar-refractivity contribution in [2.24, 2.45) is 0 Å². The lowest BCUT2D eigenvalue weighted by Gasteiger charge is -2.07. The third-order valence-electron chi connectivity index (χ3n) is 1.86. The third kappa shape index (κ3) is 2.35. The summed E-state index contributed by atoms with van der Waals surface area (Å²) in [5.74, 6) is -1.20. The lowest BCUT2D eigenvalue weighted by Crippen LogP contribution is -2.03. The summed E-state index contributed by atoms with van der Waals surface area (Å²) in [5, 5.41) is 10.5. The molecule has 0 saturated heterocycles. The molecule has 0 bridgehead atoms. The molecule has 0 aliphatic heterocycles. The van der Waals surface area contributed by atoms with Gasteiger partial charge in [0.15, 0.2) is 0 Å². The number of halogens is 3. The summed E-state index contributed by atoms with van der Waals surface area (Å²) in [6, 6.07) is 0.699. The first-order chi connectivity index (χ1) is 7.51. The van der Waals surface area contributed by atoms with Gasteiger partial charge in [0.1, 0.15) is 0 Å². The number of pyridine rings is 1. The molecule has 0 aliphatic rings. The van der Waals surface area contributed by atoms with E-state index >= 15 is 0 Å². The van der Waals surface area contributed by atoms with Crippen LogP contribution in [0.3, 0.4) is 0 Å². The van der Waals surface area contributed by atoms with Gasteiger partial charge in [0.2, 0.25) is 0 Å². The molecule has 0 unspecified atom stereocenters. The second kappa shape index (κ2) is 5.02. The Morgan fingerprint density at radius 1 is 1.69 bits per heavy atom. The molecular weight excluding hydrogens is 246 g/mol. The summed E-state index contributed by atoms with van der Waals surface area (Å²) in [6.07, 6.45) is -2.87. The molecule has 88 valence electrons. The lowest BCUT2D eigenvalue weighted by atomic mass is 10.1. The van der Waals surface area contributed by atoms with Crippen molar-refractivity contribution in [3.05, 3.63) is 27.3 Å². The zero-order valence-corrected chi connectivity index (χ0v) is 8.87.